The van der Waals surface area contributed by atoms with E-state index < -0.39 is 0 Å². The lowest BCUT2D eigenvalue weighted by Crippen LogP contribution is -2.53. The number of fused-ring (bicyclic) bond motifs is 2. The molecule has 5 aromatic rings. The van der Waals surface area contributed by atoms with Crippen LogP contribution in [0.5, 0.6) is 0 Å². The summed E-state index contributed by atoms with van der Waals surface area (Å²) < 4.78 is 2.29. The molecule has 1 aromatic carbocycles. The minimum atomic E-state index is -0.327. The summed E-state index contributed by atoms with van der Waals surface area (Å²) in [6.45, 7) is 11.1. The number of hydrogen-bond donors (Lipinski definition) is 0. The molecule has 1 unspecified atom stereocenters. The molecule has 0 fully saturated rings. The van der Waals surface area contributed by atoms with Crippen LogP contribution in [-0.2, 0) is 12.0 Å². The maximum atomic E-state index is 4.93. The van der Waals surface area contributed by atoms with E-state index in [1.54, 1.807) is 0 Å². The summed E-state index contributed by atoms with van der Waals surface area (Å²) in [7, 11) is 0. The Bertz CT molecular complexity index is 1480. The SMILES string of the molecule is CC(C)c1cccc2c1ncc[n+]2C(C)(C)c1ccc(CC(C)c2ccnc3cccnc23)cn1. The van der Waals surface area contributed by atoms with Gasteiger partial charge in [0, 0.05) is 38.5 Å². The predicted molar refractivity (Wildman–Crippen MR) is 140 cm³/mol. The Balaban J connectivity index is 1.44. The molecule has 0 saturated heterocycles. The van der Waals surface area contributed by atoms with Crippen LogP contribution in [0.4, 0.5) is 0 Å². The number of nitrogens with zero attached hydrogens (tertiary/aromatic N) is 5. The van der Waals surface area contributed by atoms with Crippen molar-refractivity contribution < 1.29 is 4.57 Å². The fourth-order valence-electron chi connectivity index (χ4n) is 4.98. The van der Waals surface area contributed by atoms with Crippen LogP contribution >= 0.6 is 0 Å². The number of aromatic nitrogens is 5. The number of benzene rings is 1. The highest BCUT2D eigenvalue weighted by atomic mass is 15.1. The third kappa shape index (κ3) is 4.27. The largest absolute Gasteiger partial charge is 0.255 e. The van der Waals surface area contributed by atoms with Crippen molar-refractivity contribution in [1.82, 2.24) is 19.9 Å². The summed E-state index contributed by atoms with van der Waals surface area (Å²) in [5.74, 6) is 0.723. The molecule has 0 bridgehead atoms. The molecule has 1 atom stereocenters. The molecule has 5 heteroatoms. The Hall–Kier alpha value is -3.73. The van der Waals surface area contributed by atoms with Crippen molar-refractivity contribution in [3.8, 4) is 0 Å². The quantitative estimate of drug-likeness (QED) is 0.286. The van der Waals surface area contributed by atoms with Crippen molar-refractivity contribution in [2.75, 3.05) is 0 Å². The normalized spacial score (nSPS) is 13.0. The van der Waals surface area contributed by atoms with Crippen LogP contribution in [0.25, 0.3) is 22.1 Å². The van der Waals surface area contributed by atoms with Gasteiger partial charge in [-0.05, 0) is 59.2 Å². The van der Waals surface area contributed by atoms with Gasteiger partial charge >= 0.3 is 0 Å². The van der Waals surface area contributed by atoms with Gasteiger partial charge in [0.1, 0.15) is 11.2 Å². The van der Waals surface area contributed by atoms with Gasteiger partial charge < -0.3 is 0 Å². The molecule has 35 heavy (non-hydrogen) atoms. The van der Waals surface area contributed by atoms with E-state index in [0.717, 1.165) is 34.2 Å². The van der Waals surface area contributed by atoms with Gasteiger partial charge in [0.15, 0.2) is 6.20 Å². The van der Waals surface area contributed by atoms with E-state index in [0.29, 0.717) is 11.8 Å². The zero-order valence-electron chi connectivity index (χ0n) is 21.1. The number of rotatable bonds is 6. The topological polar surface area (TPSA) is 55.4 Å². The van der Waals surface area contributed by atoms with Gasteiger partial charge in [-0.2, -0.15) is 4.57 Å². The van der Waals surface area contributed by atoms with Gasteiger partial charge in [0.25, 0.3) is 0 Å². The zero-order chi connectivity index (χ0) is 24.6. The van der Waals surface area contributed by atoms with Crippen LogP contribution in [0.15, 0.2) is 79.5 Å². The highest BCUT2D eigenvalue weighted by molar-refractivity contribution is 5.78. The van der Waals surface area contributed by atoms with E-state index in [1.165, 1.54) is 16.7 Å². The van der Waals surface area contributed by atoms with Crippen molar-refractivity contribution in [2.24, 2.45) is 0 Å². The molecule has 0 aliphatic carbocycles. The Morgan fingerprint density at radius 1 is 0.771 bits per heavy atom. The smallest absolute Gasteiger partial charge is 0.232 e. The monoisotopic (exact) mass is 462 g/mol. The maximum absolute atomic E-state index is 4.93. The van der Waals surface area contributed by atoms with Crippen LogP contribution < -0.4 is 4.57 Å². The van der Waals surface area contributed by atoms with Crippen LogP contribution in [0.2, 0.25) is 0 Å². The summed E-state index contributed by atoms with van der Waals surface area (Å²) in [4.78, 5) is 18.7. The second kappa shape index (κ2) is 9.14. The lowest BCUT2D eigenvalue weighted by molar-refractivity contribution is -0.724. The first kappa shape index (κ1) is 23.0. The molecule has 0 saturated carbocycles. The Morgan fingerprint density at radius 2 is 1.60 bits per heavy atom. The first-order valence-corrected chi connectivity index (χ1v) is 12.3. The Labute approximate surface area is 207 Å². The highest BCUT2D eigenvalue weighted by Crippen LogP contribution is 2.27. The number of pyridine rings is 3. The van der Waals surface area contributed by atoms with E-state index in [9.17, 15) is 0 Å². The summed E-state index contributed by atoms with van der Waals surface area (Å²) in [6, 6.07) is 16.9. The lowest BCUT2D eigenvalue weighted by atomic mass is 9.92. The number of para-hydroxylation sites is 1. The summed E-state index contributed by atoms with van der Waals surface area (Å²) in [5.41, 5.74) is 8.50. The second-order valence-corrected chi connectivity index (χ2v) is 10.2. The summed E-state index contributed by atoms with van der Waals surface area (Å²) in [5, 5.41) is 0. The second-order valence-electron chi connectivity index (χ2n) is 10.2. The number of hydrogen-bond acceptors (Lipinski definition) is 4. The molecular formula is C30H32N5+. The molecule has 176 valence electrons. The maximum Gasteiger partial charge on any atom is 0.232 e. The van der Waals surface area contributed by atoms with E-state index in [-0.39, 0.29) is 5.54 Å². The lowest BCUT2D eigenvalue weighted by Gasteiger charge is -2.21. The van der Waals surface area contributed by atoms with Crippen LogP contribution in [0.3, 0.4) is 0 Å². The minimum Gasteiger partial charge on any atom is -0.255 e. The van der Waals surface area contributed by atoms with Gasteiger partial charge in [-0.3, -0.25) is 15.0 Å². The minimum absolute atomic E-state index is 0.309. The Morgan fingerprint density at radius 3 is 2.37 bits per heavy atom. The average Bonchev–Trinajstić information content (AvgIpc) is 2.87. The zero-order valence-corrected chi connectivity index (χ0v) is 21.1. The first-order valence-electron chi connectivity index (χ1n) is 12.3. The van der Waals surface area contributed by atoms with E-state index >= 15 is 0 Å². The fraction of sp³-hybridized carbons (Fsp3) is 0.300. The fourth-order valence-corrected chi connectivity index (χ4v) is 4.98. The van der Waals surface area contributed by atoms with E-state index in [2.05, 4.69) is 91.7 Å². The summed E-state index contributed by atoms with van der Waals surface area (Å²) >= 11 is 0. The van der Waals surface area contributed by atoms with Crippen molar-refractivity contribution >= 4 is 22.1 Å². The van der Waals surface area contributed by atoms with Crippen molar-refractivity contribution in [1.29, 1.82) is 0 Å². The first-order chi connectivity index (χ1) is 16.9. The van der Waals surface area contributed by atoms with Crippen LogP contribution in [0, 0.1) is 0 Å². The van der Waals surface area contributed by atoms with Gasteiger partial charge in [-0.25, -0.2) is 4.98 Å². The van der Waals surface area contributed by atoms with Crippen molar-refractivity contribution in [3.05, 3.63) is 102 Å². The Kier molecular flexibility index (Phi) is 6.01. The van der Waals surface area contributed by atoms with Crippen LogP contribution in [0.1, 0.15) is 68.8 Å². The molecule has 0 N–H and O–H groups in total. The van der Waals surface area contributed by atoms with Crippen molar-refractivity contribution in [2.45, 2.75) is 58.4 Å². The molecular weight excluding hydrogens is 430 g/mol. The average molecular weight is 463 g/mol. The van der Waals surface area contributed by atoms with E-state index in [1.807, 2.05) is 36.9 Å². The van der Waals surface area contributed by atoms with Crippen molar-refractivity contribution in [3.63, 3.8) is 0 Å². The predicted octanol–water partition coefficient (Wildman–Crippen LogP) is 6.11. The molecule has 5 nitrogen and oxygen atoms in total. The molecule has 0 spiro atoms. The third-order valence-electron chi connectivity index (χ3n) is 7.00. The molecule has 0 radical (unpaired) electrons. The molecule has 0 aliphatic heterocycles. The molecule has 4 heterocycles. The van der Waals surface area contributed by atoms with E-state index in [4.69, 9.17) is 9.97 Å². The molecule has 5 rings (SSSR count). The van der Waals surface area contributed by atoms with Gasteiger partial charge in [0.05, 0.1) is 17.2 Å². The molecule has 4 aromatic heterocycles. The van der Waals surface area contributed by atoms with Gasteiger partial charge in [-0.1, -0.05) is 39.0 Å². The van der Waals surface area contributed by atoms with Gasteiger partial charge in [0.2, 0.25) is 11.1 Å². The molecule has 0 aliphatic rings. The third-order valence-corrected chi connectivity index (χ3v) is 7.00. The van der Waals surface area contributed by atoms with Gasteiger partial charge in [-0.15, -0.1) is 0 Å². The summed E-state index contributed by atoms with van der Waals surface area (Å²) in [6.07, 6.45) is 10.6. The highest BCUT2D eigenvalue weighted by Gasteiger charge is 2.34. The van der Waals surface area contributed by atoms with Crippen LogP contribution in [-0.4, -0.2) is 19.9 Å². The molecule has 0 amide bonds. The standard InChI is InChI=1S/C30H32N5/c1-20(2)23-8-6-10-26-29(23)33-16-17-35(26)30(4,5)27-12-11-22(19-34-27)18-21(3)24-13-15-31-25-9-7-14-32-28(24)25/h6-17,19-21H,18H2,1-5H3/q+1.